The smallest absolute Gasteiger partial charge is 0.382 e. The zero-order valence-electron chi connectivity index (χ0n) is 14.9. The lowest BCUT2D eigenvalue weighted by atomic mass is 9.69. The van der Waals surface area contributed by atoms with E-state index in [1.165, 1.54) is 6.07 Å². The van der Waals surface area contributed by atoms with Crippen LogP contribution in [0.5, 0.6) is 0 Å². The molecule has 152 valence electrons. The van der Waals surface area contributed by atoms with E-state index >= 15 is 0 Å². The Bertz CT molecular complexity index is 858. The number of alkyl halides is 5. The van der Waals surface area contributed by atoms with Crippen molar-refractivity contribution >= 4 is 9.84 Å². The van der Waals surface area contributed by atoms with E-state index in [2.05, 4.69) is 0 Å². The molecule has 0 unspecified atom stereocenters. The van der Waals surface area contributed by atoms with Crippen molar-refractivity contribution < 1.29 is 35.5 Å². The minimum atomic E-state index is -5.85. The predicted octanol–water partition coefficient (Wildman–Crippen LogP) is 4.89. The number of hydrogen-bond donors (Lipinski definition) is 1. The van der Waals surface area contributed by atoms with Gasteiger partial charge in [0.15, 0.2) is 0 Å². The number of hydrogen-bond acceptors (Lipinski definition) is 3. The first-order valence-electron chi connectivity index (χ1n) is 8.70. The molecule has 9 heteroatoms. The summed E-state index contributed by atoms with van der Waals surface area (Å²) in [6.45, 7) is 4.07. The van der Waals surface area contributed by atoms with E-state index in [0.717, 1.165) is 18.9 Å². The molecule has 0 radical (unpaired) electrons. The van der Waals surface area contributed by atoms with Gasteiger partial charge >= 0.3 is 5.51 Å². The van der Waals surface area contributed by atoms with Crippen molar-refractivity contribution in [3.63, 3.8) is 0 Å². The van der Waals surface area contributed by atoms with Gasteiger partial charge in [0.25, 0.3) is 15.8 Å². The fraction of sp³-hybridized carbons (Fsp3) is 0.667. The Labute approximate surface area is 154 Å². The summed E-state index contributed by atoms with van der Waals surface area (Å²) in [4.78, 5) is -1.27. The molecule has 0 aromatic heterocycles. The number of rotatable bonds is 2. The highest BCUT2D eigenvalue weighted by Gasteiger charge is 2.55. The monoisotopic (exact) mass is 412 g/mol. The molecule has 0 bridgehead atoms. The highest BCUT2D eigenvalue weighted by molar-refractivity contribution is 7.92. The predicted molar refractivity (Wildman–Crippen MR) is 88.3 cm³/mol. The van der Waals surface area contributed by atoms with Crippen LogP contribution in [0.2, 0.25) is 0 Å². The minimum Gasteiger partial charge on any atom is -0.382 e. The first-order valence-corrected chi connectivity index (χ1v) is 10.2. The van der Waals surface area contributed by atoms with E-state index in [9.17, 15) is 35.5 Å². The molecule has 1 aromatic carbocycles. The first kappa shape index (κ1) is 20.5. The van der Waals surface area contributed by atoms with E-state index in [4.69, 9.17) is 0 Å². The fourth-order valence-electron chi connectivity index (χ4n) is 4.41. The van der Waals surface area contributed by atoms with Crippen LogP contribution >= 0.6 is 0 Å². The second kappa shape index (κ2) is 6.14. The molecule has 1 N–H and O–H groups in total. The van der Waals surface area contributed by atoms with Gasteiger partial charge in [0, 0.05) is 12.0 Å². The maximum absolute atomic E-state index is 14.2. The van der Waals surface area contributed by atoms with Crippen molar-refractivity contribution in [2.75, 3.05) is 0 Å². The van der Waals surface area contributed by atoms with Gasteiger partial charge in [0.2, 0.25) is 0 Å². The molecule has 1 saturated carbocycles. The zero-order chi connectivity index (χ0) is 20.4. The van der Waals surface area contributed by atoms with Crippen molar-refractivity contribution in [3.8, 4) is 0 Å². The number of aliphatic hydroxyl groups excluding tert-OH is 1. The number of benzene rings is 1. The van der Waals surface area contributed by atoms with Crippen LogP contribution in [0, 0.1) is 5.41 Å². The Morgan fingerprint density at radius 1 is 1.19 bits per heavy atom. The Kier molecular flexibility index (Phi) is 4.66. The molecule has 2 aliphatic carbocycles. The molecule has 0 spiro atoms. The number of halogens is 5. The third kappa shape index (κ3) is 3.37. The quantitative estimate of drug-likeness (QED) is 0.704. The van der Waals surface area contributed by atoms with E-state index in [0.29, 0.717) is 18.4 Å². The lowest BCUT2D eigenvalue weighted by Gasteiger charge is -2.36. The summed E-state index contributed by atoms with van der Waals surface area (Å²) >= 11 is 0. The molecule has 0 amide bonds. The Morgan fingerprint density at radius 2 is 1.81 bits per heavy atom. The average molecular weight is 412 g/mol. The van der Waals surface area contributed by atoms with Gasteiger partial charge in [-0.2, -0.15) is 13.2 Å². The largest absolute Gasteiger partial charge is 0.501 e. The third-order valence-corrected chi connectivity index (χ3v) is 7.22. The topological polar surface area (TPSA) is 54.4 Å². The Hall–Kier alpha value is -1.22. The molecule has 3 nitrogen and oxygen atoms in total. The first-order chi connectivity index (χ1) is 12.2. The molecule has 3 rings (SSSR count). The number of sulfone groups is 1. The van der Waals surface area contributed by atoms with Crippen molar-refractivity contribution in [2.24, 2.45) is 5.41 Å². The maximum atomic E-state index is 14.2. The van der Waals surface area contributed by atoms with Gasteiger partial charge in [-0.1, -0.05) is 26.3 Å². The van der Waals surface area contributed by atoms with Crippen molar-refractivity contribution in [3.05, 3.63) is 28.8 Å². The summed E-state index contributed by atoms with van der Waals surface area (Å²) in [6, 6.07) is 1.95. The Morgan fingerprint density at radius 3 is 2.37 bits per heavy atom. The molecule has 0 aliphatic heterocycles. The highest BCUT2D eigenvalue weighted by Crippen LogP contribution is 2.52. The van der Waals surface area contributed by atoms with Crippen LogP contribution in [0.3, 0.4) is 0 Å². The molecule has 2 atom stereocenters. The van der Waals surface area contributed by atoms with E-state index in [1.54, 1.807) is 0 Å². The molecule has 1 aromatic rings. The SMILES string of the molecule is CC1(C)CCC[C@H](c2ccc(S(=O)(=O)C(F)(F)F)c3c2CC(F)(F)[C@H]3O)C1. The zero-order valence-corrected chi connectivity index (χ0v) is 15.7. The van der Waals surface area contributed by atoms with Crippen molar-refractivity contribution in [1.29, 1.82) is 0 Å². The molecule has 0 saturated heterocycles. The van der Waals surface area contributed by atoms with Crippen LogP contribution in [-0.4, -0.2) is 25.0 Å². The van der Waals surface area contributed by atoms with E-state index in [1.807, 2.05) is 13.8 Å². The molecule has 0 heterocycles. The maximum Gasteiger partial charge on any atom is 0.501 e. The molecular weight excluding hydrogens is 391 g/mol. The lowest BCUT2D eigenvalue weighted by molar-refractivity contribution is -0.0978. The summed E-state index contributed by atoms with van der Waals surface area (Å²) in [7, 11) is -5.85. The number of aliphatic hydroxyl groups is 1. The molecule has 27 heavy (non-hydrogen) atoms. The number of fused-ring (bicyclic) bond motifs is 1. The third-order valence-electron chi connectivity index (χ3n) is 5.68. The van der Waals surface area contributed by atoms with Crippen molar-refractivity contribution in [2.45, 2.75) is 74.3 Å². The van der Waals surface area contributed by atoms with Gasteiger partial charge in [-0.15, -0.1) is 0 Å². The molecular formula is C18H21F5O3S. The van der Waals surface area contributed by atoms with E-state index in [-0.39, 0.29) is 16.9 Å². The van der Waals surface area contributed by atoms with Gasteiger partial charge < -0.3 is 5.11 Å². The van der Waals surface area contributed by atoms with Crippen molar-refractivity contribution in [1.82, 2.24) is 0 Å². The van der Waals surface area contributed by atoms with Crippen LogP contribution in [-0.2, 0) is 16.3 Å². The summed E-state index contributed by atoms with van der Waals surface area (Å²) in [5.41, 5.74) is -6.20. The van der Waals surface area contributed by atoms with Crippen LogP contribution in [0.15, 0.2) is 17.0 Å². The van der Waals surface area contributed by atoms with Crippen LogP contribution in [0.4, 0.5) is 22.0 Å². The van der Waals surface area contributed by atoms with Gasteiger partial charge in [-0.05, 0) is 47.8 Å². The van der Waals surface area contributed by atoms with Crippen LogP contribution in [0.25, 0.3) is 0 Å². The summed E-state index contributed by atoms with van der Waals surface area (Å²) < 4.78 is 91.1. The van der Waals surface area contributed by atoms with Gasteiger partial charge in [-0.3, -0.25) is 0 Å². The standard InChI is InChI=1S/C18H21F5O3S/c1-16(2)7-3-4-10(8-16)11-5-6-13(27(25,26)18(21,22)23)14-12(11)9-17(19,20)15(14)24/h5-6,10,15,24H,3-4,7-9H2,1-2H3/t10-,15-/m0/s1. The van der Waals surface area contributed by atoms with E-state index < -0.39 is 44.3 Å². The minimum absolute atomic E-state index is 0.0493. The molecule has 2 aliphatic rings. The average Bonchev–Trinajstić information content (AvgIpc) is 2.74. The second-order valence-corrected chi connectivity index (χ2v) is 10.2. The van der Waals surface area contributed by atoms with Gasteiger partial charge in [-0.25, -0.2) is 17.2 Å². The summed E-state index contributed by atoms with van der Waals surface area (Å²) in [6.07, 6.45) is -0.401. The molecule has 1 fully saturated rings. The van der Waals surface area contributed by atoms with Gasteiger partial charge in [0.05, 0.1) is 4.90 Å². The highest BCUT2D eigenvalue weighted by atomic mass is 32.2. The lowest BCUT2D eigenvalue weighted by Crippen LogP contribution is -2.27. The summed E-state index contributed by atoms with van der Waals surface area (Å²) in [5.74, 6) is -3.87. The Balaban J connectivity index is 2.19. The van der Waals surface area contributed by atoms with Gasteiger partial charge in [0.1, 0.15) is 6.10 Å². The fourth-order valence-corrected chi connectivity index (χ4v) is 5.43. The van der Waals surface area contributed by atoms with Crippen LogP contribution < -0.4 is 0 Å². The van der Waals surface area contributed by atoms with Crippen LogP contribution in [0.1, 0.15) is 68.2 Å². The summed E-state index contributed by atoms with van der Waals surface area (Å²) in [5, 5.41) is 9.96. The normalized spacial score (nSPS) is 27.4. The second-order valence-electron chi connectivity index (χ2n) is 8.29.